The molecule has 0 spiro atoms. The van der Waals surface area contributed by atoms with Crippen molar-refractivity contribution in [1.82, 2.24) is 4.90 Å². The number of esters is 1. The van der Waals surface area contributed by atoms with Crippen molar-refractivity contribution in [2.24, 2.45) is 17.6 Å². The molecule has 4 heteroatoms. The molecule has 0 radical (unpaired) electrons. The van der Waals surface area contributed by atoms with Crippen LogP contribution in [0.15, 0.2) is 0 Å². The minimum Gasteiger partial charge on any atom is -0.448 e. The van der Waals surface area contributed by atoms with Crippen molar-refractivity contribution in [3.05, 3.63) is 0 Å². The van der Waals surface area contributed by atoms with Crippen LogP contribution in [0.2, 0.25) is 0 Å². The Labute approximate surface area is 112 Å². The number of rotatable bonds is 8. The lowest BCUT2D eigenvalue weighted by Gasteiger charge is -2.27. The summed E-state index contributed by atoms with van der Waals surface area (Å²) in [6, 6.07) is -0.157. The summed E-state index contributed by atoms with van der Waals surface area (Å²) in [6.07, 6.45) is 1.10. The molecule has 0 aliphatic rings. The molecule has 0 aliphatic carbocycles. The summed E-state index contributed by atoms with van der Waals surface area (Å²) in [4.78, 5) is 13.8. The molecule has 4 nitrogen and oxygen atoms in total. The van der Waals surface area contributed by atoms with Crippen LogP contribution in [-0.2, 0) is 9.53 Å². The van der Waals surface area contributed by atoms with Gasteiger partial charge in [-0.2, -0.15) is 0 Å². The molecule has 0 aromatic carbocycles. The van der Waals surface area contributed by atoms with Crippen molar-refractivity contribution in [2.45, 2.75) is 60.0 Å². The fourth-order valence-electron chi connectivity index (χ4n) is 1.41. The predicted octanol–water partition coefficient (Wildman–Crippen LogP) is 2.23. The van der Waals surface area contributed by atoms with Gasteiger partial charge in [-0.3, -0.25) is 9.69 Å². The maximum atomic E-state index is 11.7. The van der Waals surface area contributed by atoms with E-state index in [0.29, 0.717) is 18.7 Å². The van der Waals surface area contributed by atoms with E-state index in [9.17, 15) is 4.79 Å². The molecule has 1 atom stereocenters. The van der Waals surface area contributed by atoms with Crippen molar-refractivity contribution in [2.75, 3.05) is 13.3 Å². The molecule has 18 heavy (non-hydrogen) atoms. The Kier molecular flexibility index (Phi) is 8.20. The normalized spacial score (nSPS) is 13.7. The van der Waals surface area contributed by atoms with Gasteiger partial charge in [0.05, 0.1) is 0 Å². The van der Waals surface area contributed by atoms with Crippen LogP contribution in [0, 0.1) is 11.8 Å². The molecule has 108 valence electrons. The highest BCUT2D eigenvalue weighted by Gasteiger charge is 2.20. The van der Waals surface area contributed by atoms with E-state index >= 15 is 0 Å². The molecule has 0 saturated carbocycles. The molecule has 0 fully saturated rings. The molecular formula is C14H30N2O2. The third-order valence-electron chi connectivity index (χ3n) is 3.09. The van der Waals surface area contributed by atoms with Crippen molar-refractivity contribution in [3.8, 4) is 0 Å². The smallest absolute Gasteiger partial charge is 0.324 e. The first-order valence-electron chi connectivity index (χ1n) is 6.92. The summed E-state index contributed by atoms with van der Waals surface area (Å²) in [5.74, 6) is 0.459. The van der Waals surface area contributed by atoms with Gasteiger partial charge < -0.3 is 10.5 Å². The van der Waals surface area contributed by atoms with Gasteiger partial charge in [0.15, 0.2) is 0 Å². The minimum absolute atomic E-state index is 0.112. The van der Waals surface area contributed by atoms with Gasteiger partial charge in [0.1, 0.15) is 12.8 Å². The predicted molar refractivity (Wildman–Crippen MR) is 75.1 cm³/mol. The van der Waals surface area contributed by atoms with Gasteiger partial charge in [0.2, 0.25) is 0 Å². The van der Waals surface area contributed by atoms with Crippen molar-refractivity contribution >= 4 is 5.97 Å². The zero-order chi connectivity index (χ0) is 14.3. The first kappa shape index (κ1) is 17.4. The SMILES string of the molecule is CC(C)CCN(COC(=O)C(N)C(C)C)C(C)C. The molecule has 0 rings (SSSR count). The lowest BCUT2D eigenvalue weighted by atomic mass is 10.1. The van der Waals surface area contributed by atoms with E-state index in [-0.39, 0.29) is 11.9 Å². The van der Waals surface area contributed by atoms with Gasteiger partial charge in [-0.25, -0.2) is 0 Å². The highest BCUT2D eigenvalue weighted by molar-refractivity contribution is 5.75. The Morgan fingerprint density at radius 1 is 1.17 bits per heavy atom. The highest BCUT2D eigenvalue weighted by atomic mass is 16.5. The lowest BCUT2D eigenvalue weighted by molar-refractivity contribution is -0.152. The molecule has 0 aromatic heterocycles. The summed E-state index contributed by atoms with van der Waals surface area (Å²) in [5.41, 5.74) is 5.75. The molecule has 0 aliphatic heterocycles. The first-order valence-corrected chi connectivity index (χ1v) is 6.92. The van der Waals surface area contributed by atoms with Gasteiger partial charge in [-0.15, -0.1) is 0 Å². The fourth-order valence-corrected chi connectivity index (χ4v) is 1.41. The fraction of sp³-hybridized carbons (Fsp3) is 0.929. The van der Waals surface area contributed by atoms with Crippen LogP contribution in [0.5, 0.6) is 0 Å². The van der Waals surface area contributed by atoms with Crippen LogP contribution in [-0.4, -0.2) is 36.2 Å². The number of hydrogen-bond donors (Lipinski definition) is 1. The van der Waals surface area contributed by atoms with E-state index in [4.69, 9.17) is 10.5 Å². The molecule has 2 N–H and O–H groups in total. The number of carbonyl (C=O) groups excluding carboxylic acids is 1. The first-order chi connectivity index (χ1) is 8.25. The van der Waals surface area contributed by atoms with Gasteiger partial charge in [-0.1, -0.05) is 27.7 Å². The standard InChI is InChI=1S/C14H30N2O2/c1-10(2)7-8-16(12(5)6)9-18-14(17)13(15)11(3)4/h10-13H,7-9,15H2,1-6H3. The third-order valence-corrected chi connectivity index (χ3v) is 3.09. The molecule has 0 heterocycles. The molecule has 0 bridgehead atoms. The average Bonchev–Trinajstić information content (AvgIpc) is 2.26. The van der Waals surface area contributed by atoms with Gasteiger partial charge >= 0.3 is 5.97 Å². The van der Waals surface area contributed by atoms with Crippen LogP contribution in [0.25, 0.3) is 0 Å². The maximum absolute atomic E-state index is 11.7. The second-order valence-electron chi connectivity index (χ2n) is 5.95. The van der Waals surface area contributed by atoms with E-state index < -0.39 is 6.04 Å². The third kappa shape index (κ3) is 6.97. The Bertz CT molecular complexity index is 240. The minimum atomic E-state index is -0.524. The van der Waals surface area contributed by atoms with Crippen molar-refractivity contribution in [3.63, 3.8) is 0 Å². The Morgan fingerprint density at radius 2 is 1.72 bits per heavy atom. The highest BCUT2D eigenvalue weighted by Crippen LogP contribution is 2.07. The number of hydrogen-bond acceptors (Lipinski definition) is 4. The van der Waals surface area contributed by atoms with Crippen LogP contribution < -0.4 is 5.73 Å². The second kappa shape index (κ2) is 8.48. The van der Waals surface area contributed by atoms with Crippen LogP contribution in [0.3, 0.4) is 0 Å². The Morgan fingerprint density at radius 3 is 2.11 bits per heavy atom. The quantitative estimate of drug-likeness (QED) is 0.536. The van der Waals surface area contributed by atoms with E-state index in [1.165, 1.54) is 0 Å². The van der Waals surface area contributed by atoms with Crippen LogP contribution in [0.4, 0.5) is 0 Å². The zero-order valence-corrected chi connectivity index (χ0v) is 12.8. The maximum Gasteiger partial charge on any atom is 0.324 e. The number of carbonyl (C=O) groups is 1. The molecule has 0 aromatic rings. The number of nitrogens with zero attached hydrogens (tertiary/aromatic N) is 1. The zero-order valence-electron chi connectivity index (χ0n) is 12.8. The molecular weight excluding hydrogens is 228 g/mol. The van der Waals surface area contributed by atoms with Crippen LogP contribution >= 0.6 is 0 Å². The average molecular weight is 258 g/mol. The molecule has 0 amide bonds. The Hall–Kier alpha value is -0.610. The monoisotopic (exact) mass is 258 g/mol. The van der Waals surface area contributed by atoms with Crippen molar-refractivity contribution in [1.29, 1.82) is 0 Å². The second-order valence-corrected chi connectivity index (χ2v) is 5.95. The van der Waals surface area contributed by atoms with Gasteiger partial charge in [0, 0.05) is 12.6 Å². The summed E-state index contributed by atoms with van der Waals surface area (Å²) in [5, 5.41) is 0. The largest absolute Gasteiger partial charge is 0.448 e. The van der Waals surface area contributed by atoms with Crippen LogP contribution in [0.1, 0.15) is 48.0 Å². The van der Waals surface area contributed by atoms with E-state index in [1.807, 2.05) is 13.8 Å². The summed E-state index contributed by atoms with van der Waals surface area (Å²) >= 11 is 0. The summed E-state index contributed by atoms with van der Waals surface area (Å²) in [6.45, 7) is 13.7. The summed E-state index contributed by atoms with van der Waals surface area (Å²) in [7, 11) is 0. The van der Waals surface area contributed by atoms with E-state index in [2.05, 4.69) is 32.6 Å². The number of ether oxygens (including phenoxy) is 1. The van der Waals surface area contributed by atoms with Gasteiger partial charge in [-0.05, 0) is 32.1 Å². The number of nitrogens with two attached hydrogens (primary N) is 1. The van der Waals surface area contributed by atoms with Gasteiger partial charge in [0.25, 0.3) is 0 Å². The van der Waals surface area contributed by atoms with E-state index in [0.717, 1.165) is 13.0 Å². The molecule has 0 saturated heterocycles. The Balaban J connectivity index is 4.15. The summed E-state index contributed by atoms with van der Waals surface area (Å²) < 4.78 is 5.28. The lowest BCUT2D eigenvalue weighted by Crippen LogP contribution is -2.41. The topological polar surface area (TPSA) is 55.6 Å². The van der Waals surface area contributed by atoms with E-state index in [1.54, 1.807) is 0 Å². The molecule has 1 unspecified atom stereocenters. The van der Waals surface area contributed by atoms with Crippen molar-refractivity contribution < 1.29 is 9.53 Å².